The topological polar surface area (TPSA) is 70.2 Å². The average Bonchev–Trinajstić information content (AvgIpc) is 3.01. The first kappa shape index (κ1) is 19.7. The number of benzene rings is 1. The van der Waals surface area contributed by atoms with Gasteiger partial charge in [-0.2, -0.15) is 0 Å². The molecule has 3 N–H and O–H groups in total. The summed E-state index contributed by atoms with van der Waals surface area (Å²) in [6, 6.07) is 5.81. The fourth-order valence-electron chi connectivity index (χ4n) is 3.90. The minimum absolute atomic E-state index is 0. The Labute approximate surface area is 155 Å². The van der Waals surface area contributed by atoms with Gasteiger partial charge in [0.1, 0.15) is 0 Å². The lowest BCUT2D eigenvalue weighted by Crippen LogP contribution is -2.40. The van der Waals surface area contributed by atoms with E-state index < -0.39 is 0 Å². The fraction of sp³-hybridized carbons (Fsp3) is 0.579. The maximum atomic E-state index is 12.6. The van der Waals surface area contributed by atoms with Gasteiger partial charge in [-0.25, -0.2) is 0 Å². The van der Waals surface area contributed by atoms with Gasteiger partial charge >= 0.3 is 0 Å². The summed E-state index contributed by atoms with van der Waals surface area (Å²) in [4.78, 5) is 24.6. The van der Waals surface area contributed by atoms with Gasteiger partial charge < -0.3 is 16.0 Å². The summed E-state index contributed by atoms with van der Waals surface area (Å²) in [5, 5.41) is 9.30. The summed E-state index contributed by atoms with van der Waals surface area (Å²) < 4.78 is 0. The number of hydrogen-bond donors (Lipinski definition) is 3. The lowest BCUT2D eigenvalue weighted by Gasteiger charge is -2.24. The summed E-state index contributed by atoms with van der Waals surface area (Å²) in [6.45, 7) is 4.42. The highest BCUT2D eigenvalue weighted by Crippen LogP contribution is 2.33. The Morgan fingerprint density at radius 2 is 2.00 bits per heavy atom. The lowest BCUT2D eigenvalue weighted by molar-refractivity contribution is -0.117. The van der Waals surface area contributed by atoms with Gasteiger partial charge in [0.15, 0.2) is 0 Å². The Bertz CT molecular complexity index is 621. The minimum Gasteiger partial charge on any atom is -0.352 e. The number of rotatable bonds is 4. The first-order valence-electron chi connectivity index (χ1n) is 9.04. The highest BCUT2D eigenvalue weighted by Gasteiger charge is 2.38. The van der Waals surface area contributed by atoms with Gasteiger partial charge in [0.2, 0.25) is 5.91 Å². The molecule has 5 nitrogen and oxygen atoms in total. The number of anilines is 1. The molecule has 6 heteroatoms. The Kier molecular flexibility index (Phi) is 6.85. The monoisotopic (exact) mass is 365 g/mol. The zero-order valence-electron chi connectivity index (χ0n) is 14.9. The van der Waals surface area contributed by atoms with Crippen molar-refractivity contribution >= 4 is 29.9 Å². The number of amides is 2. The summed E-state index contributed by atoms with van der Waals surface area (Å²) in [6.07, 6.45) is 5.87. The number of fused-ring (bicyclic) bond motifs is 1. The summed E-state index contributed by atoms with van der Waals surface area (Å²) in [7, 11) is 0. The van der Waals surface area contributed by atoms with Crippen molar-refractivity contribution in [3.05, 3.63) is 29.3 Å². The molecular formula is C19H28ClN3O2. The normalized spacial score (nSPS) is 24.8. The molecule has 1 aromatic rings. The molecule has 3 atom stereocenters. The molecule has 3 unspecified atom stereocenters. The number of nitrogens with one attached hydrogen (secondary N) is 3. The smallest absolute Gasteiger partial charge is 0.251 e. The molecule has 0 bridgehead atoms. The number of halogens is 1. The maximum absolute atomic E-state index is 12.6. The van der Waals surface area contributed by atoms with Crippen molar-refractivity contribution in [1.82, 2.24) is 10.6 Å². The van der Waals surface area contributed by atoms with Crippen LogP contribution in [0.5, 0.6) is 0 Å². The Hall–Kier alpha value is -1.59. The summed E-state index contributed by atoms with van der Waals surface area (Å²) >= 11 is 0. The van der Waals surface area contributed by atoms with Crippen LogP contribution in [0.1, 0.15) is 54.9 Å². The molecule has 138 valence electrons. The minimum atomic E-state index is -0.120. The molecule has 25 heavy (non-hydrogen) atoms. The zero-order valence-corrected chi connectivity index (χ0v) is 15.7. The van der Waals surface area contributed by atoms with Crippen LogP contribution in [0.4, 0.5) is 5.69 Å². The van der Waals surface area contributed by atoms with Crippen molar-refractivity contribution in [3.63, 3.8) is 0 Å². The molecule has 2 fully saturated rings. The Morgan fingerprint density at radius 3 is 2.72 bits per heavy atom. The predicted octanol–water partition coefficient (Wildman–Crippen LogP) is 3.03. The van der Waals surface area contributed by atoms with Gasteiger partial charge in [-0.15, -0.1) is 12.4 Å². The van der Waals surface area contributed by atoms with Crippen LogP contribution in [0.2, 0.25) is 0 Å². The molecule has 0 aromatic heterocycles. The van der Waals surface area contributed by atoms with Crippen molar-refractivity contribution in [3.8, 4) is 0 Å². The summed E-state index contributed by atoms with van der Waals surface area (Å²) in [5.41, 5.74) is 2.26. The standard InChI is InChI=1S/C19H27N3O2.ClH/c1-3-20-18(23)14-9-8-12(2)16(11-14)22-19(24)17-10-13-6-4-5-7-15(13)21-17;/h8-9,11,13,15,17,21H,3-7,10H2,1-2H3,(H,20,23)(H,22,24);1H. The Morgan fingerprint density at radius 1 is 1.24 bits per heavy atom. The molecule has 1 aromatic carbocycles. The predicted molar refractivity (Wildman–Crippen MR) is 102 cm³/mol. The highest BCUT2D eigenvalue weighted by atomic mass is 35.5. The van der Waals surface area contributed by atoms with Crippen LogP contribution in [0.3, 0.4) is 0 Å². The van der Waals surface area contributed by atoms with E-state index in [4.69, 9.17) is 0 Å². The molecule has 1 aliphatic carbocycles. The van der Waals surface area contributed by atoms with Crippen molar-refractivity contribution in [2.45, 2.75) is 58.0 Å². The van der Waals surface area contributed by atoms with E-state index in [0.29, 0.717) is 24.1 Å². The Balaban J connectivity index is 0.00000225. The van der Waals surface area contributed by atoms with Gasteiger partial charge in [0, 0.05) is 23.8 Å². The van der Waals surface area contributed by atoms with E-state index in [1.807, 2.05) is 19.9 Å². The average molecular weight is 366 g/mol. The lowest BCUT2D eigenvalue weighted by atomic mass is 9.85. The van der Waals surface area contributed by atoms with Crippen molar-refractivity contribution in [2.75, 3.05) is 11.9 Å². The maximum Gasteiger partial charge on any atom is 0.251 e. The molecule has 1 saturated carbocycles. The zero-order chi connectivity index (χ0) is 17.1. The number of hydrogen-bond acceptors (Lipinski definition) is 3. The van der Waals surface area contributed by atoms with Crippen LogP contribution in [-0.4, -0.2) is 30.4 Å². The third-order valence-electron chi connectivity index (χ3n) is 5.27. The fourth-order valence-corrected chi connectivity index (χ4v) is 3.90. The molecule has 1 aliphatic heterocycles. The SMILES string of the molecule is CCNC(=O)c1ccc(C)c(NC(=O)C2CC3CCCCC3N2)c1.Cl. The van der Waals surface area contributed by atoms with Crippen molar-refractivity contribution in [2.24, 2.45) is 5.92 Å². The highest BCUT2D eigenvalue weighted by molar-refractivity contribution is 5.99. The second-order valence-electron chi connectivity index (χ2n) is 6.98. The van der Waals surface area contributed by atoms with E-state index in [0.717, 1.165) is 17.7 Å². The third-order valence-corrected chi connectivity index (χ3v) is 5.27. The van der Waals surface area contributed by atoms with E-state index in [1.54, 1.807) is 12.1 Å². The molecule has 2 amide bonds. The first-order valence-corrected chi connectivity index (χ1v) is 9.04. The van der Waals surface area contributed by atoms with Crippen molar-refractivity contribution < 1.29 is 9.59 Å². The molecule has 2 aliphatic rings. The molecule has 3 rings (SSSR count). The third kappa shape index (κ3) is 4.53. The van der Waals surface area contributed by atoms with E-state index in [-0.39, 0.29) is 30.3 Å². The van der Waals surface area contributed by atoms with Crippen LogP contribution >= 0.6 is 12.4 Å². The largest absolute Gasteiger partial charge is 0.352 e. The van der Waals surface area contributed by atoms with E-state index in [9.17, 15) is 9.59 Å². The number of carbonyl (C=O) groups is 2. The van der Waals surface area contributed by atoms with Crippen molar-refractivity contribution in [1.29, 1.82) is 0 Å². The number of aryl methyl sites for hydroxylation is 1. The molecule has 0 radical (unpaired) electrons. The van der Waals surface area contributed by atoms with E-state index in [1.165, 1.54) is 25.7 Å². The van der Waals surface area contributed by atoms with Crippen LogP contribution in [-0.2, 0) is 4.79 Å². The van der Waals surface area contributed by atoms with Crippen LogP contribution in [0.15, 0.2) is 18.2 Å². The number of carbonyl (C=O) groups excluding carboxylic acids is 2. The molecule has 0 spiro atoms. The second kappa shape index (κ2) is 8.68. The van der Waals surface area contributed by atoms with Crippen LogP contribution in [0.25, 0.3) is 0 Å². The van der Waals surface area contributed by atoms with Crippen LogP contribution < -0.4 is 16.0 Å². The first-order chi connectivity index (χ1) is 11.6. The van der Waals surface area contributed by atoms with E-state index in [2.05, 4.69) is 16.0 Å². The van der Waals surface area contributed by atoms with E-state index >= 15 is 0 Å². The van der Waals surface area contributed by atoms with Gasteiger partial charge in [0.25, 0.3) is 5.91 Å². The van der Waals surface area contributed by atoms with Gasteiger partial charge in [-0.3, -0.25) is 9.59 Å². The molecular weight excluding hydrogens is 338 g/mol. The quantitative estimate of drug-likeness (QED) is 0.768. The molecule has 1 saturated heterocycles. The van der Waals surface area contributed by atoms with Gasteiger partial charge in [-0.05, 0) is 56.7 Å². The van der Waals surface area contributed by atoms with Gasteiger partial charge in [0.05, 0.1) is 6.04 Å². The molecule has 1 heterocycles. The summed E-state index contributed by atoms with van der Waals surface area (Å²) in [5.74, 6) is 0.538. The van der Waals surface area contributed by atoms with Gasteiger partial charge in [-0.1, -0.05) is 18.9 Å². The second-order valence-corrected chi connectivity index (χ2v) is 6.98. The van der Waals surface area contributed by atoms with Crippen LogP contribution in [0, 0.1) is 12.8 Å².